The molecule has 1 amide bonds. The molecule has 0 spiro atoms. The number of thiophene rings is 1. The minimum Gasteiger partial charge on any atom is -0.448 e. The number of carbonyl (C=O) groups excluding carboxylic acids is 3. The van der Waals surface area contributed by atoms with Crippen molar-refractivity contribution >= 4 is 29.0 Å². The van der Waals surface area contributed by atoms with E-state index in [4.69, 9.17) is 4.74 Å². The van der Waals surface area contributed by atoms with Gasteiger partial charge in [-0.1, -0.05) is 51.5 Å². The average Bonchev–Trinajstić information content (AvgIpc) is 3.69. The fraction of sp³-hybridized carbons (Fsp3) is 0.634. The van der Waals surface area contributed by atoms with Gasteiger partial charge in [0.25, 0.3) is 5.91 Å². The van der Waals surface area contributed by atoms with Gasteiger partial charge < -0.3 is 19.8 Å². The maximum atomic E-state index is 14.7. The Morgan fingerprint density at radius 2 is 1.78 bits per heavy atom. The number of hydrogen-bond acceptors (Lipinski definition) is 7. The molecule has 4 aliphatic carbocycles. The molecule has 2 aromatic rings. The van der Waals surface area contributed by atoms with Crippen LogP contribution in [0.15, 0.2) is 42.0 Å². The van der Waals surface area contributed by atoms with Crippen LogP contribution in [0.2, 0.25) is 0 Å². The number of allylic oxidation sites excluding steroid dienone is 2. The summed E-state index contributed by atoms with van der Waals surface area (Å²) in [6.45, 7) is 14.8. The molecule has 7 rings (SSSR count). The second-order valence-corrected chi connectivity index (χ2v) is 17.9. The highest BCUT2D eigenvalue weighted by Gasteiger charge is 2.76. The van der Waals surface area contributed by atoms with Crippen molar-refractivity contribution < 1.29 is 29.3 Å². The number of aryl methyl sites for hydroxylation is 1. The number of hydrogen-bond donors (Lipinski definition) is 2. The summed E-state index contributed by atoms with van der Waals surface area (Å²) in [5.74, 6) is -0.665. The summed E-state index contributed by atoms with van der Waals surface area (Å²) in [6, 6.07) is 9.94. The molecule has 1 aliphatic heterocycles. The highest BCUT2D eigenvalue weighted by Crippen LogP contribution is 2.66. The Bertz CT molecular complexity index is 1680. The molecule has 1 saturated heterocycles. The van der Waals surface area contributed by atoms with Crippen molar-refractivity contribution in [2.45, 2.75) is 136 Å². The number of nitrogens with zero attached hydrogens (tertiary/aromatic N) is 1. The van der Waals surface area contributed by atoms with Gasteiger partial charge in [0.2, 0.25) is 5.78 Å². The van der Waals surface area contributed by atoms with E-state index in [9.17, 15) is 24.6 Å². The van der Waals surface area contributed by atoms with Crippen molar-refractivity contribution in [3.05, 3.63) is 68.4 Å². The number of carbonyl (C=O) groups is 3. The van der Waals surface area contributed by atoms with Crippen molar-refractivity contribution in [1.82, 2.24) is 4.90 Å². The minimum absolute atomic E-state index is 0.0264. The molecule has 8 heteroatoms. The molecule has 0 unspecified atom stereocenters. The number of amides is 1. The van der Waals surface area contributed by atoms with Crippen LogP contribution >= 0.6 is 11.3 Å². The van der Waals surface area contributed by atoms with Crippen LogP contribution in [-0.4, -0.2) is 63.2 Å². The topological polar surface area (TPSA) is 104 Å². The van der Waals surface area contributed by atoms with Crippen molar-refractivity contribution in [2.24, 2.45) is 16.2 Å². The fourth-order valence-corrected chi connectivity index (χ4v) is 10.5. The maximum Gasteiger partial charge on any atom is 0.313 e. The average molecular weight is 690 g/mol. The Morgan fingerprint density at radius 1 is 1.02 bits per heavy atom. The number of aliphatic hydroxyl groups is 2. The standard InChI is InChI=1S/C41H55NO6S/c1-8-22-42(35(45)41-21-20-39(7,36(46)48-41)37(41,4)5)25-40(47)19-17-32-30-15-13-28(24-31(30)34(44)33-16-12-27(3)49-33)23-29(43)14-11-26(2)10-9-18-38(32,40)6/h10,12-13,15-16,24,29,32,43,47H,8-9,11,14,17-23,25H2,1-7H3/t29-,32-,38-,39-,40+,41+/m0/s1. The highest BCUT2D eigenvalue weighted by molar-refractivity contribution is 7.14. The van der Waals surface area contributed by atoms with E-state index in [2.05, 4.69) is 26.0 Å². The molecule has 0 radical (unpaired) electrons. The smallest absolute Gasteiger partial charge is 0.313 e. The third-order valence-corrected chi connectivity index (χ3v) is 14.5. The lowest BCUT2D eigenvalue weighted by molar-refractivity contribution is -0.177. The normalized spacial score (nSPS) is 33.9. The van der Waals surface area contributed by atoms with Crippen LogP contribution in [0, 0.1) is 23.2 Å². The van der Waals surface area contributed by atoms with E-state index in [1.165, 1.54) is 16.9 Å². The number of fused-ring (bicyclic) bond motifs is 10. The molecule has 2 heterocycles. The first-order valence-corrected chi connectivity index (χ1v) is 19.2. The van der Waals surface area contributed by atoms with Gasteiger partial charge in [0, 0.05) is 27.8 Å². The van der Waals surface area contributed by atoms with Crippen LogP contribution in [0.5, 0.6) is 0 Å². The van der Waals surface area contributed by atoms with Crippen molar-refractivity contribution in [2.75, 3.05) is 13.1 Å². The lowest BCUT2D eigenvalue weighted by atomic mass is 9.64. The van der Waals surface area contributed by atoms with E-state index in [0.717, 1.165) is 28.8 Å². The summed E-state index contributed by atoms with van der Waals surface area (Å²) in [5, 5.41) is 23.9. The van der Waals surface area contributed by atoms with E-state index in [1.807, 2.05) is 58.9 Å². The zero-order valence-electron chi connectivity index (χ0n) is 30.5. The quantitative estimate of drug-likeness (QED) is 0.176. The monoisotopic (exact) mass is 689 g/mol. The van der Waals surface area contributed by atoms with Crippen molar-refractivity contribution in [3.8, 4) is 0 Å². The molecule has 3 fully saturated rings. The van der Waals surface area contributed by atoms with E-state index in [0.29, 0.717) is 68.4 Å². The summed E-state index contributed by atoms with van der Waals surface area (Å²) in [7, 11) is 0. The Kier molecular flexibility index (Phi) is 9.37. The van der Waals surface area contributed by atoms with Gasteiger partial charge in [-0.25, -0.2) is 0 Å². The Balaban J connectivity index is 1.42. The molecule has 4 bridgehead atoms. The number of rotatable bonds is 7. The fourth-order valence-electron chi connectivity index (χ4n) is 9.70. The zero-order chi connectivity index (χ0) is 35.6. The van der Waals surface area contributed by atoms with Gasteiger partial charge in [-0.3, -0.25) is 14.4 Å². The molecule has 49 heavy (non-hydrogen) atoms. The predicted molar refractivity (Wildman–Crippen MR) is 193 cm³/mol. The highest BCUT2D eigenvalue weighted by atomic mass is 32.1. The Labute approximate surface area is 296 Å². The zero-order valence-corrected chi connectivity index (χ0v) is 31.3. The molecule has 266 valence electrons. The van der Waals surface area contributed by atoms with Gasteiger partial charge in [-0.05, 0) is 120 Å². The van der Waals surface area contributed by atoms with Crippen LogP contribution in [0.1, 0.15) is 136 Å². The number of ketones is 1. The molecule has 6 atom stereocenters. The van der Waals surface area contributed by atoms with Gasteiger partial charge in [-0.15, -0.1) is 11.3 Å². The van der Waals surface area contributed by atoms with Crippen molar-refractivity contribution in [3.63, 3.8) is 0 Å². The molecule has 5 aliphatic rings. The van der Waals surface area contributed by atoms with E-state index in [-0.39, 0.29) is 30.1 Å². The molecule has 2 saturated carbocycles. The van der Waals surface area contributed by atoms with Crippen LogP contribution in [0.3, 0.4) is 0 Å². The van der Waals surface area contributed by atoms with Gasteiger partial charge in [0.05, 0.1) is 28.5 Å². The Hall–Kier alpha value is -2.81. The summed E-state index contributed by atoms with van der Waals surface area (Å²) >= 11 is 1.49. The summed E-state index contributed by atoms with van der Waals surface area (Å²) in [6.07, 6.45) is 7.95. The third-order valence-electron chi connectivity index (χ3n) is 13.5. The number of esters is 1. The van der Waals surface area contributed by atoms with E-state index in [1.54, 1.807) is 4.90 Å². The first-order valence-electron chi connectivity index (χ1n) is 18.3. The summed E-state index contributed by atoms with van der Waals surface area (Å²) < 4.78 is 6.05. The molecule has 2 N–H and O–H groups in total. The summed E-state index contributed by atoms with van der Waals surface area (Å²) in [4.78, 5) is 45.7. The van der Waals surface area contributed by atoms with E-state index >= 15 is 0 Å². The Morgan fingerprint density at radius 3 is 2.41 bits per heavy atom. The SMILES string of the molecule is CCCN(C[C@]1(O)CC[C@H]2c3ccc(cc3C(=O)c3ccc(C)s3)C[C@@H](O)CCC(C)=CCC[C@@]21C)C(=O)[C@@]12CC[C@@](C)(C(=O)O1)C2(C)C. The third kappa shape index (κ3) is 5.65. The number of benzene rings is 1. The van der Waals surface area contributed by atoms with Crippen molar-refractivity contribution in [1.29, 1.82) is 0 Å². The lowest BCUT2D eigenvalue weighted by Gasteiger charge is -2.47. The molecule has 1 aromatic heterocycles. The first kappa shape index (κ1) is 36.0. The molecule has 1 aromatic carbocycles. The van der Waals surface area contributed by atoms with E-state index < -0.39 is 33.6 Å². The van der Waals surface area contributed by atoms with Crippen LogP contribution < -0.4 is 0 Å². The van der Waals surface area contributed by atoms with Gasteiger partial charge >= 0.3 is 5.97 Å². The maximum absolute atomic E-state index is 14.7. The largest absolute Gasteiger partial charge is 0.448 e. The first-order chi connectivity index (χ1) is 23.0. The van der Waals surface area contributed by atoms with Crippen LogP contribution in [0.4, 0.5) is 0 Å². The number of ether oxygens (including phenoxy) is 1. The molecular weight excluding hydrogens is 635 g/mol. The number of aliphatic hydroxyl groups excluding tert-OH is 1. The van der Waals surface area contributed by atoms with Gasteiger partial charge in [0.15, 0.2) is 5.60 Å². The van der Waals surface area contributed by atoms with Crippen LogP contribution in [-0.2, 0) is 20.7 Å². The lowest BCUT2D eigenvalue weighted by Crippen LogP contribution is -2.60. The van der Waals surface area contributed by atoms with Gasteiger partial charge in [0.1, 0.15) is 0 Å². The summed E-state index contributed by atoms with van der Waals surface area (Å²) in [5.41, 5.74) is -0.857. The molecular formula is C41H55NO6S. The molecule has 7 nitrogen and oxygen atoms in total. The second-order valence-electron chi connectivity index (χ2n) is 16.6. The minimum atomic E-state index is -1.25. The predicted octanol–water partition coefficient (Wildman–Crippen LogP) is 7.69. The van der Waals surface area contributed by atoms with Gasteiger partial charge in [-0.2, -0.15) is 0 Å². The second kappa shape index (κ2) is 12.8. The van der Waals surface area contributed by atoms with Crippen LogP contribution in [0.25, 0.3) is 0 Å².